The van der Waals surface area contributed by atoms with Gasteiger partial charge in [0, 0.05) is 25.2 Å². The zero-order valence-corrected chi connectivity index (χ0v) is 15.3. The minimum atomic E-state index is -0.130. The first-order valence-electron chi connectivity index (χ1n) is 8.61. The molecule has 1 aromatic carbocycles. The van der Waals surface area contributed by atoms with E-state index >= 15 is 0 Å². The topological polar surface area (TPSA) is 94.4 Å². The Kier molecular flexibility index (Phi) is 5.67. The summed E-state index contributed by atoms with van der Waals surface area (Å²) >= 11 is 0. The van der Waals surface area contributed by atoms with E-state index in [1.165, 1.54) is 0 Å². The summed E-state index contributed by atoms with van der Waals surface area (Å²) in [5.74, 6) is 1.89. The SMILES string of the molecule is COc1cc(OC)cc(-n2nnnc2CN(C)C(=O)[C@@H]2CCCCN2)c1. The van der Waals surface area contributed by atoms with Crippen LogP contribution in [-0.2, 0) is 11.3 Å². The summed E-state index contributed by atoms with van der Waals surface area (Å²) in [5.41, 5.74) is 0.706. The minimum absolute atomic E-state index is 0.0578. The molecular formula is C17H24N6O3. The van der Waals surface area contributed by atoms with Crippen molar-refractivity contribution in [3.05, 3.63) is 24.0 Å². The number of nitrogens with one attached hydrogen (secondary N) is 1. The predicted molar refractivity (Wildman–Crippen MR) is 94.4 cm³/mol. The highest BCUT2D eigenvalue weighted by Gasteiger charge is 2.25. The molecule has 1 N–H and O–H groups in total. The summed E-state index contributed by atoms with van der Waals surface area (Å²) < 4.78 is 12.2. The van der Waals surface area contributed by atoms with Gasteiger partial charge >= 0.3 is 0 Å². The third-order valence-corrected chi connectivity index (χ3v) is 4.48. The molecule has 9 nitrogen and oxygen atoms in total. The van der Waals surface area contributed by atoms with Crippen molar-refractivity contribution in [1.82, 2.24) is 30.4 Å². The highest BCUT2D eigenvalue weighted by molar-refractivity contribution is 5.81. The van der Waals surface area contributed by atoms with Crippen LogP contribution >= 0.6 is 0 Å². The molecule has 1 fully saturated rings. The Labute approximate surface area is 152 Å². The van der Waals surface area contributed by atoms with Gasteiger partial charge in [0.2, 0.25) is 5.91 Å². The molecule has 1 aromatic heterocycles. The maximum absolute atomic E-state index is 12.6. The zero-order chi connectivity index (χ0) is 18.5. The number of nitrogens with zero attached hydrogens (tertiary/aromatic N) is 5. The minimum Gasteiger partial charge on any atom is -0.497 e. The fourth-order valence-electron chi connectivity index (χ4n) is 3.04. The Morgan fingerprint density at radius 3 is 2.62 bits per heavy atom. The highest BCUT2D eigenvalue weighted by atomic mass is 16.5. The van der Waals surface area contributed by atoms with Crippen molar-refractivity contribution in [2.75, 3.05) is 27.8 Å². The van der Waals surface area contributed by atoms with Gasteiger partial charge in [-0.1, -0.05) is 6.42 Å². The van der Waals surface area contributed by atoms with Crippen molar-refractivity contribution < 1.29 is 14.3 Å². The predicted octanol–water partition coefficient (Wildman–Crippen LogP) is 0.780. The van der Waals surface area contributed by atoms with E-state index in [1.54, 1.807) is 36.9 Å². The molecule has 0 unspecified atom stereocenters. The first-order chi connectivity index (χ1) is 12.6. The van der Waals surface area contributed by atoms with Crippen molar-refractivity contribution in [3.8, 4) is 17.2 Å². The van der Waals surface area contributed by atoms with Crippen molar-refractivity contribution in [2.24, 2.45) is 0 Å². The van der Waals surface area contributed by atoms with Crippen LogP contribution in [0.3, 0.4) is 0 Å². The van der Waals surface area contributed by atoms with Gasteiger partial charge in [-0.15, -0.1) is 5.10 Å². The van der Waals surface area contributed by atoms with E-state index in [-0.39, 0.29) is 11.9 Å². The lowest BCUT2D eigenvalue weighted by atomic mass is 10.0. The van der Waals surface area contributed by atoms with Crippen molar-refractivity contribution in [2.45, 2.75) is 31.8 Å². The van der Waals surface area contributed by atoms with Crippen LogP contribution in [0.5, 0.6) is 11.5 Å². The Balaban J connectivity index is 1.79. The number of carbonyl (C=O) groups is 1. The van der Waals surface area contributed by atoms with Gasteiger partial charge in [-0.25, -0.2) is 0 Å². The number of benzene rings is 1. The first-order valence-corrected chi connectivity index (χ1v) is 8.61. The average Bonchev–Trinajstić information content (AvgIpc) is 3.15. The largest absolute Gasteiger partial charge is 0.497 e. The molecule has 2 aromatic rings. The van der Waals surface area contributed by atoms with E-state index in [9.17, 15) is 4.79 Å². The van der Waals surface area contributed by atoms with E-state index in [4.69, 9.17) is 9.47 Å². The number of carbonyl (C=O) groups excluding carboxylic acids is 1. The normalized spacial score (nSPS) is 17.0. The first kappa shape index (κ1) is 18.1. The molecule has 3 rings (SSSR count). The van der Waals surface area contributed by atoms with Crippen molar-refractivity contribution >= 4 is 5.91 Å². The van der Waals surface area contributed by atoms with Gasteiger partial charge in [0.1, 0.15) is 11.5 Å². The van der Waals surface area contributed by atoms with Crippen molar-refractivity contribution in [3.63, 3.8) is 0 Å². The van der Waals surface area contributed by atoms with Crippen LogP contribution in [0.15, 0.2) is 18.2 Å². The number of aromatic nitrogens is 4. The molecule has 0 aliphatic carbocycles. The fraction of sp³-hybridized carbons (Fsp3) is 0.529. The maximum atomic E-state index is 12.6. The second-order valence-corrected chi connectivity index (χ2v) is 6.27. The number of likely N-dealkylation sites (N-methyl/N-ethyl adjacent to an activating group) is 1. The molecular weight excluding hydrogens is 336 g/mol. The van der Waals surface area contributed by atoms with Gasteiger partial charge in [-0.2, -0.15) is 4.68 Å². The van der Waals surface area contributed by atoms with Crippen LogP contribution in [0.25, 0.3) is 5.69 Å². The Hall–Kier alpha value is -2.68. The highest BCUT2D eigenvalue weighted by Crippen LogP contribution is 2.25. The zero-order valence-electron chi connectivity index (χ0n) is 15.3. The molecule has 1 saturated heterocycles. The van der Waals surface area contributed by atoms with E-state index in [0.717, 1.165) is 25.8 Å². The molecule has 1 aliphatic rings. The van der Waals surface area contributed by atoms with E-state index in [0.29, 0.717) is 29.6 Å². The number of hydrogen-bond acceptors (Lipinski definition) is 7. The standard InChI is InChI=1S/C17H24N6O3/c1-22(17(24)15-6-4-5-7-18-15)11-16-19-20-21-23(16)12-8-13(25-2)10-14(9-12)26-3/h8-10,15,18H,4-7,11H2,1-3H3/t15-/m0/s1. The van der Waals surface area contributed by atoms with Crippen LogP contribution in [0.1, 0.15) is 25.1 Å². The number of tetrazole rings is 1. The second-order valence-electron chi connectivity index (χ2n) is 6.27. The molecule has 0 bridgehead atoms. The van der Waals surface area contributed by atoms with Crippen LogP contribution in [0.2, 0.25) is 0 Å². The molecule has 1 atom stereocenters. The van der Waals surface area contributed by atoms with Gasteiger partial charge in [0.15, 0.2) is 5.82 Å². The number of rotatable bonds is 6. The molecule has 0 spiro atoms. The van der Waals surface area contributed by atoms with E-state index in [2.05, 4.69) is 20.8 Å². The van der Waals surface area contributed by atoms with Gasteiger partial charge in [-0.3, -0.25) is 4.79 Å². The monoisotopic (exact) mass is 360 g/mol. The quantitative estimate of drug-likeness (QED) is 0.813. The van der Waals surface area contributed by atoms with E-state index in [1.807, 2.05) is 12.1 Å². The lowest BCUT2D eigenvalue weighted by Crippen LogP contribution is -2.47. The summed E-state index contributed by atoms with van der Waals surface area (Å²) in [6.45, 7) is 1.19. The molecule has 1 amide bonds. The summed E-state index contributed by atoms with van der Waals surface area (Å²) in [4.78, 5) is 14.3. The molecule has 2 heterocycles. The molecule has 26 heavy (non-hydrogen) atoms. The summed E-state index contributed by atoms with van der Waals surface area (Å²) in [7, 11) is 4.94. The number of amides is 1. The lowest BCUT2D eigenvalue weighted by molar-refractivity contribution is -0.133. The summed E-state index contributed by atoms with van der Waals surface area (Å²) in [5, 5.41) is 15.2. The van der Waals surface area contributed by atoms with Gasteiger partial charge in [0.05, 0.1) is 32.5 Å². The van der Waals surface area contributed by atoms with Crippen LogP contribution in [-0.4, -0.2) is 64.9 Å². The number of ether oxygens (including phenoxy) is 2. The third-order valence-electron chi connectivity index (χ3n) is 4.48. The molecule has 9 heteroatoms. The smallest absolute Gasteiger partial charge is 0.239 e. The Morgan fingerprint density at radius 2 is 2.00 bits per heavy atom. The number of hydrogen-bond donors (Lipinski definition) is 1. The molecule has 140 valence electrons. The summed E-state index contributed by atoms with van der Waals surface area (Å²) in [6, 6.07) is 5.27. The fourth-order valence-corrected chi connectivity index (χ4v) is 3.04. The van der Waals surface area contributed by atoms with Gasteiger partial charge < -0.3 is 19.7 Å². The lowest BCUT2D eigenvalue weighted by Gasteiger charge is -2.27. The molecule has 0 radical (unpaired) electrons. The molecule has 1 aliphatic heterocycles. The maximum Gasteiger partial charge on any atom is 0.239 e. The summed E-state index contributed by atoms with van der Waals surface area (Å²) in [6.07, 6.45) is 3.04. The van der Waals surface area contributed by atoms with E-state index < -0.39 is 0 Å². The number of methoxy groups -OCH3 is 2. The third kappa shape index (κ3) is 3.93. The van der Waals surface area contributed by atoms with Crippen LogP contribution in [0, 0.1) is 0 Å². The number of piperidine rings is 1. The average molecular weight is 360 g/mol. The Bertz CT molecular complexity index is 734. The van der Waals surface area contributed by atoms with Gasteiger partial charge in [0.25, 0.3) is 0 Å². The van der Waals surface area contributed by atoms with Crippen LogP contribution in [0.4, 0.5) is 0 Å². The van der Waals surface area contributed by atoms with Gasteiger partial charge in [-0.05, 0) is 29.8 Å². The van der Waals surface area contributed by atoms with Crippen molar-refractivity contribution in [1.29, 1.82) is 0 Å². The molecule has 0 saturated carbocycles. The second kappa shape index (κ2) is 8.13. The Morgan fingerprint density at radius 1 is 1.27 bits per heavy atom. The van der Waals surface area contributed by atoms with Crippen LogP contribution < -0.4 is 14.8 Å².